The fourth-order valence-electron chi connectivity index (χ4n) is 1.24. The lowest BCUT2D eigenvalue weighted by Crippen LogP contribution is -2.29. The van der Waals surface area contributed by atoms with Crippen LogP contribution in [0.5, 0.6) is 0 Å². The number of aryl methyl sites for hydroxylation is 2. The number of carbonyl (C=O) groups is 1. The summed E-state index contributed by atoms with van der Waals surface area (Å²) in [7, 11) is 0. The first-order valence-electron chi connectivity index (χ1n) is 4.11. The number of aromatic nitrogens is 1. The van der Waals surface area contributed by atoms with Gasteiger partial charge in [0.25, 0.3) is 5.91 Å². The standard InChI is InChI=1S/C9H13N3O/c1-3-12-5-6(2)4-7(8(12)10)9(11)13/h4-5,10H,3H2,1-2H3,(H2,11,13). The molecule has 0 saturated heterocycles. The van der Waals surface area contributed by atoms with E-state index in [1.165, 1.54) is 0 Å². The van der Waals surface area contributed by atoms with Crippen LogP contribution in [0.15, 0.2) is 12.3 Å². The smallest absolute Gasteiger partial charge is 0.252 e. The molecule has 0 saturated carbocycles. The molecule has 1 aromatic rings. The number of hydrogen-bond acceptors (Lipinski definition) is 2. The summed E-state index contributed by atoms with van der Waals surface area (Å²) >= 11 is 0. The lowest BCUT2D eigenvalue weighted by atomic mass is 10.2. The van der Waals surface area contributed by atoms with Crippen LogP contribution in [-0.2, 0) is 6.54 Å². The minimum Gasteiger partial charge on any atom is -0.365 e. The molecule has 0 radical (unpaired) electrons. The van der Waals surface area contributed by atoms with Crippen molar-refractivity contribution in [1.29, 1.82) is 5.41 Å². The molecule has 70 valence electrons. The van der Waals surface area contributed by atoms with Crippen LogP contribution in [0.2, 0.25) is 0 Å². The summed E-state index contributed by atoms with van der Waals surface area (Å²) in [6.45, 7) is 4.46. The minimum atomic E-state index is -0.545. The van der Waals surface area contributed by atoms with Gasteiger partial charge < -0.3 is 10.3 Å². The zero-order valence-electron chi connectivity index (χ0n) is 7.79. The number of hydrogen-bond donors (Lipinski definition) is 2. The fourth-order valence-corrected chi connectivity index (χ4v) is 1.24. The molecular weight excluding hydrogens is 166 g/mol. The van der Waals surface area contributed by atoms with E-state index in [0.717, 1.165) is 5.56 Å². The van der Waals surface area contributed by atoms with Gasteiger partial charge in [0, 0.05) is 12.7 Å². The van der Waals surface area contributed by atoms with Gasteiger partial charge in [-0.15, -0.1) is 0 Å². The van der Waals surface area contributed by atoms with Crippen molar-refractivity contribution in [2.75, 3.05) is 0 Å². The van der Waals surface area contributed by atoms with E-state index in [1.807, 2.05) is 20.0 Å². The molecule has 0 unspecified atom stereocenters. The monoisotopic (exact) mass is 179 g/mol. The van der Waals surface area contributed by atoms with Crippen LogP contribution < -0.4 is 11.2 Å². The summed E-state index contributed by atoms with van der Waals surface area (Å²) in [5.74, 6) is -0.545. The third-order valence-electron chi connectivity index (χ3n) is 1.88. The van der Waals surface area contributed by atoms with Crippen molar-refractivity contribution in [2.45, 2.75) is 20.4 Å². The Morgan fingerprint density at radius 2 is 2.31 bits per heavy atom. The third kappa shape index (κ3) is 1.77. The maximum absolute atomic E-state index is 10.9. The third-order valence-corrected chi connectivity index (χ3v) is 1.88. The summed E-state index contributed by atoms with van der Waals surface area (Å²) in [4.78, 5) is 10.9. The molecule has 0 bridgehead atoms. The van der Waals surface area contributed by atoms with Crippen LogP contribution in [0.4, 0.5) is 0 Å². The molecule has 13 heavy (non-hydrogen) atoms. The molecule has 0 aliphatic heterocycles. The highest BCUT2D eigenvalue weighted by Crippen LogP contribution is 1.97. The molecule has 1 heterocycles. The number of primary amides is 1. The van der Waals surface area contributed by atoms with Crippen LogP contribution in [0, 0.1) is 12.3 Å². The van der Waals surface area contributed by atoms with Crippen molar-refractivity contribution < 1.29 is 4.79 Å². The molecule has 0 spiro atoms. The van der Waals surface area contributed by atoms with Gasteiger partial charge >= 0.3 is 0 Å². The summed E-state index contributed by atoms with van der Waals surface area (Å²) in [6.07, 6.45) is 1.83. The molecule has 0 fully saturated rings. The van der Waals surface area contributed by atoms with Crippen LogP contribution in [0.25, 0.3) is 0 Å². The van der Waals surface area contributed by atoms with Gasteiger partial charge in [0.05, 0.1) is 5.56 Å². The van der Waals surface area contributed by atoms with Crippen molar-refractivity contribution in [1.82, 2.24) is 4.57 Å². The van der Waals surface area contributed by atoms with E-state index in [9.17, 15) is 4.79 Å². The fraction of sp³-hybridized carbons (Fsp3) is 0.333. The highest BCUT2D eigenvalue weighted by Gasteiger charge is 2.05. The molecule has 3 N–H and O–H groups in total. The van der Waals surface area contributed by atoms with Gasteiger partial charge in [-0.25, -0.2) is 0 Å². The van der Waals surface area contributed by atoms with E-state index in [-0.39, 0.29) is 11.1 Å². The first-order chi connectivity index (χ1) is 6.06. The average Bonchev–Trinajstić information content (AvgIpc) is 2.08. The van der Waals surface area contributed by atoms with Crippen molar-refractivity contribution in [3.05, 3.63) is 28.9 Å². The van der Waals surface area contributed by atoms with E-state index in [0.29, 0.717) is 6.54 Å². The first-order valence-corrected chi connectivity index (χ1v) is 4.11. The number of nitrogens with two attached hydrogens (primary N) is 1. The predicted molar refractivity (Wildman–Crippen MR) is 49.2 cm³/mol. The van der Waals surface area contributed by atoms with Crippen molar-refractivity contribution in [2.24, 2.45) is 5.73 Å². The maximum atomic E-state index is 10.9. The lowest BCUT2D eigenvalue weighted by Gasteiger charge is -2.07. The number of carbonyl (C=O) groups excluding carboxylic acids is 1. The van der Waals surface area contributed by atoms with Crippen molar-refractivity contribution >= 4 is 5.91 Å². The van der Waals surface area contributed by atoms with Crippen molar-refractivity contribution in [3.63, 3.8) is 0 Å². The maximum Gasteiger partial charge on any atom is 0.252 e. The quantitative estimate of drug-likeness (QED) is 0.677. The topological polar surface area (TPSA) is 71.9 Å². The number of pyridine rings is 1. The van der Waals surface area contributed by atoms with Gasteiger partial charge in [-0.3, -0.25) is 10.2 Å². The minimum absolute atomic E-state index is 0.181. The Bertz CT molecular complexity index is 392. The second-order valence-corrected chi connectivity index (χ2v) is 2.93. The summed E-state index contributed by atoms with van der Waals surface area (Å²) < 4.78 is 1.69. The Balaban J connectivity index is 3.45. The molecule has 0 aromatic carbocycles. The van der Waals surface area contributed by atoms with E-state index >= 15 is 0 Å². The zero-order chi connectivity index (χ0) is 10.0. The number of rotatable bonds is 2. The van der Waals surface area contributed by atoms with E-state index < -0.39 is 5.91 Å². The molecule has 4 heteroatoms. The first kappa shape index (κ1) is 9.51. The van der Waals surface area contributed by atoms with Gasteiger partial charge in [0.15, 0.2) is 0 Å². The molecule has 1 amide bonds. The van der Waals surface area contributed by atoms with Crippen LogP contribution >= 0.6 is 0 Å². The molecule has 0 aliphatic rings. The van der Waals surface area contributed by atoms with Gasteiger partial charge in [0.2, 0.25) is 0 Å². The number of nitrogens with zero attached hydrogens (tertiary/aromatic N) is 1. The van der Waals surface area contributed by atoms with Crippen molar-refractivity contribution in [3.8, 4) is 0 Å². The highest BCUT2D eigenvalue weighted by atomic mass is 16.1. The second-order valence-electron chi connectivity index (χ2n) is 2.93. The van der Waals surface area contributed by atoms with E-state index in [1.54, 1.807) is 10.6 Å². The molecule has 1 aromatic heterocycles. The Morgan fingerprint density at radius 1 is 1.69 bits per heavy atom. The Kier molecular flexibility index (Phi) is 2.51. The van der Waals surface area contributed by atoms with Gasteiger partial charge in [-0.2, -0.15) is 0 Å². The SMILES string of the molecule is CCn1cc(C)cc(C(N)=O)c1=N. The number of amides is 1. The Morgan fingerprint density at radius 3 is 2.77 bits per heavy atom. The van der Waals surface area contributed by atoms with E-state index in [4.69, 9.17) is 11.1 Å². The van der Waals surface area contributed by atoms with Gasteiger partial charge in [0.1, 0.15) is 5.49 Å². The normalized spacial score (nSPS) is 10.0. The molecular formula is C9H13N3O. The summed E-state index contributed by atoms with van der Waals surface area (Å²) in [6, 6.07) is 1.64. The second kappa shape index (κ2) is 3.43. The zero-order valence-corrected chi connectivity index (χ0v) is 7.79. The molecule has 0 atom stereocenters. The van der Waals surface area contributed by atoms with Gasteiger partial charge in [-0.05, 0) is 25.5 Å². The molecule has 0 aliphatic carbocycles. The Hall–Kier alpha value is -1.58. The van der Waals surface area contributed by atoms with Crippen LogP contribution in [0.1, 0.15) is 22.8 Å². The number of nitrogens with one attached hydrogen (secondary N) is 1. The van der Waals surface area contributed by atoms with Crippen LogP contribution in [0.3, 0.4) is 0 Å². The van der Waals surface area contributed by atoms with E-state index in [2.05, 4.69) is 0 Å². The molecule has 4 nitrogen and oxygen atoms in total. The predicted octanol–water partition coefficient (Wildman–Crippen LogP) is 0.395. The summed E-state index contributed by atoms with van der Waals surface area (Å²) in [5.41, 5.74) is 6.53. The lowest BCUT2D eigenvalue weighted by molar-refractivity contribution is 0.0997. The Labute approximate surface area is 76.5 Å². The summed E-state index contributed by atoms with van der Waals surface area (Å²) in [5, 5.41) is 7.64. The van der Waals surface area contributed by atoms with Crippen LogP contribution in [-0.4, -0.2) is 10.5 Å². The molecule has 1 rings (SSSR count). The van der Waals surface area contributed by atoms with Gasteiger partial charge in [-0.1, -0.05) is 0 Å². The average molecular weight is 179 g/mol. The largest absolute Gasteiger partial charge is 0.365 e. The highest BCUT2D eigenvalue weighted by molar-refractivity contribution is 5.92.